The van der Waals surface area contributed by atoms with Crippen molar-refractivity contribution in [1.29, 1.82) is 0 Å². The van der Waals surface area contributed by atoms with Gasteiger partial charge in [0.2, 0.25) is 0 Å². The van der Waals surface area contributed by atoms with Crippen molar-refractivity contribution in [1.82, 2.24) is 14.1 Å². The monoisotopic (exact) mass is 665 g/mol. The molecule has 9 aromatic rings. The summed E-state index contributed by atoms with van der Waals surface area (Å²) in [4.78, 5) is 5.32. The summed E-state index contributed by atoms with van der Waals surface area (Å²) in [6.07, 6.45) is 6.77. The lowest BCUT2D eigenvalue weighted by molar-refractivity contribution is 0.968. The van der Waals surface area contributed by atoms with E-state index in [9.17, 15) is 0 Å². The molecule has 0 amide bonds. The third kappa shape index (κ3) is 5.18. The van der Waals surface area contributed by atoms with E-state index in [2.05, 4.69) is 197 Å². The van der Waals surface area contributed by atoms with Gasteiger partial charge in [-0.15, -0.1) is 0 Å². The molecular weight excluding hydrogens is 631 g/mol. The van der Waals surface area contributed by atoms with Gasteiger partial charge < -0.3 is 4.57 Å². The van der Waals surface area contributed by atoms with Crippen molar-refractivity contribution in [2.45, 2.75) is 12.8 Å². The number of aryl methyl sites for hydroxylation is 1. The minimum atomic E-state index is 0.893. The fourth-order valence-electron chi connectivity index (χ4n) is 7.92. The van der Waals surface area contributed by atoms with Crippen molar-refractivity contribution in [2.24, 2.45) is 0 Å². The predicted molar refractivity (Wildman–Crippen MR) is 217 cm³/mol. The molecule has 1 aliphatic carbocycles. The Morgan fingerprint density at radius 1 is 0.462 bits per heavy atom. The number of pyridine rings is 1. The van der Waals surface area contributed by atoms with E-state index in [1.165, 1.54) is 44.4 Å². The summed E-state index contributed by atoms with van der Waals surface area (Å²) in [7, 11) is 0. The summed E-state index contributed by atoms with van der Waals surface area (Å²) in [6, 6.07) is 63.1. The number of benzene rings is 6. The molecule has 0 aliphatic heterocycles. The van der Waals surface area contributed by atoms with Gasteiger partial charge in [-0.25, -0.2) is 4.98 Å². The molecule has 0 unspecified atom stereocenters. The van der Waals surface area contributed by atoms with Crippen molar-refractivity contribution < 1.29 is 0 Å². The van der Waals surface area contributed by atoms with Crippen LogP contribution in [0, 0.1) is 0 Å². The molecule has 0 radical (unpaired) electrons. The lowest BCUT2D eigenvalue weighted by atomic mass is 10.0. The van der Waals surface area contributed by atoms with Gasteiger partial charge in [0.05, 0.1) is 22.4 Å². The number of nitrogens with zero attached hydrogens (tertiary/aromatic N) is 3. The zero-order chi connectivity index (χ0) is 34.4. The Morgan fingerprint density at radius 3 is 1.96 bits per heavy atom. The third-order valence-corrected chi connectivity index (χ3v) is 10.4. The lowest BCUT2D eigenvalue weighted by Crippen LogP contribution is -2.02. The first kappa shape index (κ1) is 30.1. The summed E-state index contributed by atoms with van der Waals surface area (Å²) in [5.74, 6) is 0.893. The van der Waals surface area contributed by atoms with Crippen LogP contribution in [0.4, 0.5) is 0 Å². The molecule has 0 spiro atoms. The Hall–Kier alpha value is -6.71. The molecule has 0 saturated carbocycles. The Kier molecular flexibility index (Phi) is 7.28. The summed E-state index contributed by atoms with van der Waals surface area (Å²) in [6.45, 7) is 0. The molecule has 0 N–H and O–H groups in total. The predicted octanol–water partition coefficient (Wildman–Crippen LogP) is 12.6. The second kappa shape index (κ2) is 12.6. The molecule has 10 rings (SSSR count). The van der Waals surface area contributed by atoms with Crippen LogP contribution in [0.25, 0.3) is 84.2 Å². The second-order valence-corrected chi connectivity index (χ2v) is 13.5. The Morgan fingerprint density at radius 2 is 1.13 bits per heavy atom. The molecule has 3 aromatic heterocycles. The first-order valence-electron chi connectivity index (χ1n) is 18.0. The van der Waals surface area contributed by atoms with Gasteiger partial charge in [-0.2, -0.15) is 0 Å². The zero-order valence-corrected chi connectivity index (χ0v) is 28.7. The van der Waals surface area contributed by atoms with Gasteiger partial charge in [0.1, 0.15) is 5.82 Å². The maximum absolute atomic E-state index is 5.32. The fraction of sp³-hybridized carbons (Fsp3) is 0.0408. The van der Waals surface area contributed by atoms with Gasteiger partial charge in [0, 0.05) is 27.7 Å². The summed E-state index contributed by atoms with van der Waals surface area (Å²) < 4.78 is 4.74. The van der Waals surface area contributed by atoms with Crippen LogP contribution in [0.2, 0.25) is 0 Å². The van der Waals surface area contributed by atoms with E-state index < -0.39 is 0 Å². The van der Waals surface area contributed by atoms with Gasteiger partial charge in [-0.1, -0.05) is 140 Å². The van der Waals surface area contributed by atoms with Crippen LogP contribution >= 0.6 is 0 Å². The molecular formula is C49H35N3. The molecule has 3 heterocycles. The number of aromatic nitrogens is 3. The van der Waals surface area contributed by atoms with Crippen molar-refractivity contribution >= 4 is 27.9 Å². The van der Waals surface area contributed by atoms with Crippen LogP contribution in [0.3, 0.4) is 0 Å². The average molecular weight is 666 g/mol. The van der Waals surface area contributed by atoms with E-state index in [1.807, 2.05) is 0 Å². The smallest absolute Gasteiger partial charge is 0.138 e. The quantitative estimate of drug-likeness (QED) is 0.173. The van der Waals surface area contributed by atoms with E-state index in [-0.39, 0.29) is 0 Å². The van der Waals surface area contributed by atoms with Crippen LogP contribution in [0.1, 0.15) is 17.7 Å². The Labute approximate surface area is 303 Å². The van der Waals surface area contributed by atoms with E-state index in [0.717, 1.165) is 57.8 Å². The summed E-state index contributed by atoms with van der Waals surface area (Å²) in [5.41, 5.74) is 15.3. The number of fused-ring (bicyclic) bond motifs is 4. The Bertz CT molecular complexity index is 2710. The molecule has 52 heavy (non-hydrogen) atoms. The number of hydrogen-bond donors (Lipinski definition) is 0. The average Bonchev–Trinajstić information content (AvgIpc) is 3.78. The number of para-hydroxylation sites is 2. The molecule has 1 aliphatic rings. The van der Waals surface area contributed by atoms with Crippen molar-refractivity contribution in [3.8, 4) is 56.3 Å². The minimum Gasteiger partial charge on any atom is -0.310 e. The maximum Gasteiger partial charge on any atom is 0.138 e. The number of rotatable bonds is 6. The van der Waals surface area contributed by atoms with E-state index >= 15 is 0 Å². The summed E-state index contributed by atoms with van der Waals surface area (Å²) >= 11 is 0. The molecule has 0 bridgehead atoms. The topological polar surface area (TPSA) is 22.8 Å². The molecule has 3 heteroatoms. The normalized spacial score (nSPS) is 12.4. The maximum atomic E-state index is 5.32. The standard InChI is InChI=1S/C49H35N3/c1-3-14-34(15-4-1)40-31-44(36-16-5-2-6-17-36)50-49(33-40)52-45-23-10-7-18-39(45)32-48(52)37-28-26-35(27-29-37)38-19-13-20-41(30-38)51-46-24-11-8-21-42(46)43-22-9-12-25-47(43)51/h1-8,10-21,23-33H,9,22H2. The first-order chi connectivity index (χ1) is 25.8. The van der Waals surface area contributed by atoms with Gasteiger partial charge in [-0.3, -0.25) is 4.57 Å². The van der Waals surface area contributed by atoms with Crippen LogP contribution in [0.15, 0.2) is 182 Å². The highest BCUT2D eigenvalue weighted by Crippen LogP contribution is 2.37. The summed E-state index contributed by atoms with van der Waals surface area (Å²) in [5, 5.41) is 2.53. The van der Waals surface area contributed by atoms with Crippen LogP contribution in [-0.4, -0.2) is 14.1 Å². The SMILES string of the molecule is C1=Cc2c(c3ccccc3n2-c2cccc(-c3ccc(-c4cc5ccccc5n4-c4cc(-c5ccccc5)cc(-c5ccccc5)n4)cc3)c2)CC1. The highest BCUT2D eigenvalue weighted by molar-refractivity contribution is 5.92. The third-order valence-electron chi connectivity index (χ3n) is 10.4. The van der Waals surface area contributed by atoms with Gasteiger partial charge >= 0.3 is 0 Å². The first-order valence-corrected chi connectivity index (χ1v) is 18.0. The van der Waals surface area contributed by atoms with Crippen molar-refractivity contribution in [3.63, 3.8) is 0 Å². The highest BCUT2D eigenvalue weighted by Gasteiger charge is 2.19. The minimum absolute atomic E-state index is 0.893. The molecule has 0 saturated heterocycles. The lowest BCUT2D eigenvalue weighted by Gasteiger charge is -2.15. The largest absolute Gasteiger partial charge is 0.310 e. The molecule has 3 nitrogen and oxygen atoms in total. The van der Waals surface area contributed by atoms with E-state index in [4.69, 9.17) is 4.98 Å². The van der Waals surface area contributed by atoms with Gasteiger partial charge in [0.15, 0.2) is 0 Å². The van der Waals surface area contributed by atoms with Crippen LogP contribution in [0.5, 0.6) is 0 Å². The number of allylic oxidation sites excluding steroid dienone is 1. The zero-order valence-electron chi connectivity index (χ0n) is 28.7. The van der Waals surface area contributed by atoms with Gasteiger partial charge in [0.25, 0.3) is 0 Å². The van der Waals surface area contributed by atoms with Gasteiger partial charge in [-0.05, 0) is 94.8 Å². The molecule has 0 fully saturated rings. The molecule has 0 atom stereocenters. The van der Waals surface area contributed by atoms with Crippen molar-refractivity contribution in [3.05, 3.63) is 193 Å². The molecule has 6 aromatic carbocycles. The second-order valence-electron chi connectivity index (χ2n) is 13.5. The van der Waals surface area contributed by atoms with Crippen LogP contribution < -0.4 is 0 Å². The Balaban J connectivity index is 1.08. The van der Waals surface area contributed by atoms with E-state index in [1.54, 1.807) is 0 Å². The van der Waals surface area contributed by atoms with Crippen molar-refractivity contribution in [2.75, 3.05) is 0 Å². The fourth-order valence-corrected chi connectivity index (χ4v) is 7.92. The molecule has 246 valence electrons. The highest BCUT2D eigenvalue weighted by atomic mass is 15.1. The van der Waals surface area contributed by atoms with E-state index in [0.29, 0.717) is 0 Å². The number of hydrogen-bond acceptors (Lipinski definition) is 1. The van der Waals surface area contributed by atoms with Crippen LogP contribution in [-0.2, 0) is 6.42 Å².